The highest BCUT2D eigenvalue weighted by Crippen LogP contribution is 2.71. The third-order valence-corrected chi connectivity index (χ3v) is 11.1. The molecule has 8 nitrogen and oxygen atoms in total. The van der Waals surface area contributed by atoms with E-state index in [2.05, 4.69) is 17.6 Å². The lowest BCUT2D eigenvalue weighted by Crippen LogP contribution is -2.51. The number of carbonyl (C=O) groups excluding carboxylic acids is 3. The molecule has 0 aromatic heterocycles. The summed E-state index contributed by atoms with van der Waals surface area (Å²) in [5.74, 6) is -1.02. The minimum Gasteiger partial charge on any atom is -0.494 e. The van der Waals surface area contributed by atoms with E-state index in [0.717, 1.165) is 22.9 Å². The van der Waals surface area contributed by atoms with Gasteiger partial charge >= 0.3 is 0 Å². The first-order valence-electron chi connectivity index (χ1n) is 14.7. The van der Waals surface area contributed by atoms with E-state index >= 15 is 0 Å². The molecule has 3 aliphatic heterocycles. The largest absolute Gasteiger partial charge is 0.494 e. The lowest BCUT2D eigenvalue weighted by atomic mass is 9.66. The molecule has 3 aliphatic rings. The summed E-state index contributed by atoms with van der Waals surface area (Å²) in [4.78, 5) is 43.9. The zero-order chi connectivity index (χ0) is 29.5. The van der Waals surface area contributed by atoms with Crippen LogP contribution < -0.4 is 15.4 Å². The fourth-order valence-corrected chi connectivity index (χ4v) is 9.62. The highest BCUT2D eigenvalue weighted by molar-refractivity contribution is 8.02. The maximum Gasteiger partial charge on any atom is 0.248 e. The van der Waals surface area contributed by atoms with Gasteiger partial charge in [-0.3, -0.25) is 14.4 Å². The number of nitrogens with one attached hydrogen (secondary N) is 2. The van der Waals surface area contributed by atoms with Crippen LogP contribution in [0, 0.1) is 11.8 Å². The first-order chi connectivity index (χ1) is 20.3. The normalized spacial score (nSPS) is 27.7. The van der Waals surface area contributed by atoms with E-state index in [4.69, 9.17) is 4.74 Å². The van der Waals surface area contributed by atoms with Crippen LogP contribution in [0.5, 0.6) is 5.75 Å². The predicted molar refractivity (Wildman–Crippen MR) is 166 cm³/mol. The summed E-state index contributed by atoms with van der Waals surface area (Å²) in [6, 6.07) is 20.3. The van der Waals surface area contributed by atoms with Gasteiger partial charge in [-0.05, 0) is 86.7 Å². The molecule has 0 radical (unpaired) electrons. The summed E-state index contributed by atoms with van der Waals surface area (Å²) < 4.78 is 4.36. The van der Waals surface area contributed by atoms with Crippen LogP contribution in [0.4, 0.5) is 11.4 Å². The Balaban J connectivity index is 1.30. The summed E-state index contributed by atoms with van der Waals surface area (Å²) in [5.41, 5.74) is 1.32. The number of carbonyl (C=O) groups is 3. The zero-order valence-electron chi connectivity index (χ0n) is 24.0. The van der Waals surface area contributed by atoms with Gasteiger partial charge in [-0.15, -0.1) is 11.8 Å². The molecule has 5 atom stereocenters. The number of benzene rings is 3. The number of likely N-dealkylation sites (tertiary alicyclic amines) is 1. The first-order valence-corrected chi connectivity index (χ1v) is 15.6. The van der Waals surface area contributed by atoms with Crippen LogP contribution in [-0.4, -0.2) is 63.0 Å². The Morgan fingerprint density at radius 3 is 2.43 bits per heavy atom. The summed E-state index contributed by atoms with van der Waals surface area (Å²) in [5, 5.41) is 17.7. The number of hydrogen-bond donors (Lipinski definition) is 3. The Morgan fingerprint density at radius 1 is 0.976 bits per heavy atom. The van der Waals surface area contributed by atoms with Crippen LogP contribution in [0.15, 0.2) is 66.7 Å². The van der Waals surface area contributed by atoms with Gasteiger partial charge in [0.2, 0.25) is 17.7 Å². The Labute approximate surface area is 250 Å². The van der Waals surface area contributed by atoms with Crippen molar-refractivity contribution in [2.45, 2.75) is 55.1 Å². The summed E-state index contributed by atoms with van der Waals surface area (Å²) >= 11 is 1.65. The molecular formula is C33H37N3O5S. The average molecular weight is 588 g/mol. The molecule has 3 saturated heterocycles. The van der Waals surface area contributed by atoms with E-state index in [-0.39, 0.29) is 24.3 Å². The number of hydrogen-bond acceptors (Lipinski definition) is 6. The number of ether oxygens (including phenoxy) is 1. The van der Waals surface area contributed by atoms with Gasteiger partial charge in [-0.25, -0.2) is 0 Å². The predicted octanol–water partition coefficient (Wildman–Crippen LogP) is 5.07. The second-order valence-corrected chi connectivity index (χ2v) is 13.6. The average Bonchev–Trinajstić information content (AvgIpc) is 3.55. The SMILES string of the molecule is CCOc1ccc(NC(=O)[C@@H]2[C@H]3C(=O)N(CCCCO)C(C(=O)Nc4ccc5ccccc5c4)C34CC[C@@]2(C)S4)cc1. The molecule has 3 fully saturated rings. The van der Waals surface area contributed by atoms with Crippen LogP contribution in [0.2, 0.25) is 0 Å². The highest BCUT2D eigenvalue weighted by Gasteiger charge is 2.77. The van der Waals surface area contributed by atoms with Crippen LogP contribution in [-0.2, 0) is 14.4 Å². The molecule has 3 amide bonds. The standard InChI is InChI=1S/C33H37N3O5S/c1-3-41-25-14-12-23(13-15-25)34-29(38)26-27-31(40)36(18-6-7-19-37)28(33(27)17-16-32(26,2)42-33)30(39)35-24-11-10-21-8-4-5-9-22(21)20-24/h4-5,8-15,20,26-28,37H,3,6-7,16-19H2,1-2H3,(H,34,38)(H,35,39)/t26-,27-,28?,32+,33?/m0/s1. The van der Waals surface area contributed by atoms with Crippen molar-refractivity contribution in [1.29, 1.82) is 0 Å². The van der Waals surface area contributed by atoms with Crippen molar-refractivity contribution in [3.05, 3.63) is 66.7 Å². The number of unbranched alkanes of at least 4 members (excludes halogenated alkanes) is 1. The van der Waals surface area contributed by atoms with Gasteiger partial charge in [0.1, 0.15) is 11.8 Å². The van der Waals surface area contributed by atoms with Crippen molar-refractivity contribution < 1.29 is 24.2 Å². The van der Waals surface area contributed by atoms with Crippen molar-refractivity contribution in [3.63, 3.8) is 0 Å². The van der Waals surface area contributed by atoms with Gasteiger partial charge in [-0.1, -0.05) is 30.3 Å². The van der Waals surface area contributed by atoms with Crippen molar-refractivity contribution in [3.8, 4) is 5.75 Å². The Bertz CT molecular complexity index is 1510. The molecule has 1 spiro atoms. The Kier molecular flexibility index (Phi) is 7.66. The van der Waals surface area contributed by atoms with Gasteiger partial charge in [0.05, 0.1) is 23.2 Å². The minimum absolute atomic E-state index is 0.0183. The first kappa shape index (κ1) is 28.6. The van der Waals surface area contributed by atoms with E-state index in [0.29, 0.717) is 43.8 Å². The molecule has 6 rings (SSSR count). The van der Waals surface area contributed by atoms with Gasteiger partial charge in [0.15, 0.2) is 0 Å². The third kappa shape index (κ3) is 4.82. The molecule has 3 N–H and O–H groups in total. The number of fused-ring (bicyclic) bond motifs is 2. The lowest BCUT2D eigenvalue weighted by molar-refractivity contribution is -0.139. The molecule has 2 unspecified atom stereocenters. The number of amides is 3. The molecule has 3 aromatic rings. The van der Waals surface area contributed by atoms with E-state index in [1.54, 1.807) is 28.8 Å². The second-order valence-electron chi connectivity index (χ2n) is 11.7. The second kappa shape index (κ2) is 11.3. The van der Waals surface area contributed by atoms with E-state index < -0.39 is 27.4 Å². The van der Waals surface area contributed by atoms with E-state index in [9.17, 15) is 19.5 Å². The summed E-state index contributed by atoms with van der Waals surface area (Å²) in [7, 11) is 0. The number of rotatable bonds is 10. The Morgan fingerprint density at radius 2 is 1.69 bits per heavy atom. The van der Waals surface area contributed by atoms with Gasteiger partial charge in [0, 0.05) is 29.3 Å². The summed E-state index contributed by atoms with van der Waals surface area (Å²) in [6.45, 7) is 4.91. The summed E-state index contributed by atoms with van der Waals surface area (Å²) in [6.07, 6.45) is 2.54. The monoisotopic (exact) mass is 587 g/mol. The van der Waals surface area contributed by atoms with Gasteiger partial charge in [-0.2, -0.15) is 0 Å². The molecule has 220 valence electrons. The molecular weight excluding hydrogens is 550 g/mol. The van der Waals surface area contributed by atoms with E-state index in [1.807, 2.05) is 61.5 Å². The van der Waals surface area contributed by atoms with Crippen LogP contribution in [0.3, 0.4) is 0 Å². The third-order valence-electron chi connectivity index (χ3n) is 9.06. The van der Waals surface area contributed by atoms with Crippen molar-refractivity contribution >= 4 is 51.6 Å². The number of anilines is 2. The van der Waals surface area contributed by atoms with E-state index in [1.165, 1.54) is 0 Å². The van der Waals surface area contributed by atoms with Crippen LogP contribution >= 0.6 is 11.8 Å². The van der Waals surface area contributed by atoms with Gasteiger partial charge in [0.25, 0.3) is 0 Å². The zero-order valence-corrected chi connectivity index (χ0v) is 24.8. The maximum absolute atomic E-state index is 14.2. The van der Waals surface area contributed by atoms with Crippen LogP contribution in [0.1, 0.15) is 39.5 Å². The lowest BCUT2D eigenvalue weighted by Gasteiger charge is -2.34. The van der Waals surface area contributed by atoms with Crippen molar-refractivity contribution in [2.24, 2.45) is 11.8 Å². The molecule has 9 heteroatoms. The molecule has 3 aromatic carbocycles. The Hall–Kier alpha value is -3.56. The quantitative estimate of drug-likeness (QED) is 0.286. The number of aliphatic hydroxyl groups is 1. The van der Waals surface area contributed by atoms with Crippen molar-refractivity contribution in [1.82, 2.24) is 4.90 Å². The number of aliphatic hydroxyl groups excluding tert-OH is 1. The number of thioether (sulfide) groups is 1. The maximum atomic E-state index is 14.2. The molecule has 0 aliphatic carbocycles. The minimum atomic E-state index is -0.713. The number of nitrogens with zero attached hydrogens (tertiary/aromatic N) is 1. The van der Waals surface area contributed by atoms with Gasteiger partial charge < -0.3 is 25.4 Å². The fraction of sp³-hybridized carbons (Fsp3) is 0.424. The molecule has 3 heterocycles. The fourth-order valence-electron chi connectivity index (χ4n) is 7.26. The van der Waals surface area contributed by atoms with Crippen molar-refractivity contribution in [2.75, 3.05) is 30.4 Å². The highest BCUT2D eigenvalue weighted by atomic mass is 32.2. The molecule has 42 heavy (non-hydrogen) atoms. The topological polar surface area (TPSA) is 108 Å². The smallest absolute Gasteiger partial charge is 0.248 e. The van der Waals surface area contributed by atoms with Crippen LogP contribution in [0.25, 0.3) is 10.8 Å². The molecule has 2 bridgehead atoms. The molecule has 0 saturated carbocycles.